The number of phenolic OH excluding ortho intramolecular Hbond substituents is 1. The summed E-state index contributed by atoms with van der Waals surface area (Å²) in [5, 5.41) is 24.0. The van der Waals surface area contributed by atoms with Gasteiger partial charge in [0.1, 0.15) is 5.75 Å². The summed E-state index contributed by atoms with van der Waals surface area (Å²) < 4.78 is 0. The molecule has 140 valence electrons. The number of nitrogens with one attached hydrogen (secondary N) is 1. The number of fused-ring (bicyclic) bond motifs is 1. The van der Waals surface area contributed by atoms with Crippen molar-refractivity contribution < 1.29 is 24.6 Å². The molecule has 0 saturated carbocycles. The molecule has 1 aliphatic rings. The summed E-state index contributed by atoms with van der Waals surface area (Å²) in [5.74, 6) is -2.57. The molecule has 0 bridgehead atoms. The number of Topliss-reactive ketones (excluding diaryl/α,β-unsaturated/α-hetero) is 2. The molecule has 7 heteroatoms. The van der Waals surface area contributed by atoms with Crippen molar-refractivity contribution in [2.75, 3.05) is 11.1 Å². The summed E-state index contributed by atoms with van der Waals surface area (Å²) in [6, 6.07) is 7.19. The number of ketones is 2. The smallest absolute Gasteiger partial charge is 0.221 e. The fraction of sp³-hybridized carbons (Fsp3) is 0.250. The summed E-state index contributed by atoms with van der Waals surface area (Å²) in [6.45, 7) is 5.10. The van der Waals surface area contributed by atoms with Gasteiger partial charge in [0.05, 0.1) is 16.8 Å². The second-order valence-corrected chi connectivity index (χ2v) is 6.93. The highest BCUT2D eigenvalue weighted by Gasteiger charge is 2.56. The molecular weight excluding hydrogens is 348 g/mol. The van der Waals surface area contributed by atoms with Crippen molar-refractivity contribution in [2.24, 2.45) is 0 Å². The van der Waals surface area contributed by atoms with Gasteiger partial charge in [-0.15, -0.1) is 0 Å². The van der Waals surface area contributed by atoms with Crippen LogP contribution < -0.4 is 11.1 Å². The number of hydrogen-bond acceptors (Lipinski definition) is 6. The lowest BCUT2D eigenvalue weighted by Gasteiger charge is -2.21. The van der Waals surface area contributed by atoms with Crippen molar-refractivity contribution in [1.29, 1.82) is 0 Å². The minimum atomic E-state index is -2.61. The van der Waals surface area contributed by atoms with Crippen molar-refractivity contribution in [3.63, 3.8) is 0 Å². The number of aliphatic hydroxyl groups is 1. The maximum atomic E-state index is 13.1. The fourth-order valence-electron chi connectivity index (χ4n) is 3.32. The SMILES string of the molecule is CC(=O)Nc1ccc(N)c2c1C(=O)C(O)(c1ccc(C(C)C)cc1O)C2=O. The first kappa shape index (κ1) is 18.6. The monoisotopic (exact) mass is 368 g/mol. The molecule has 1 atom stereocenters. The van der Waals surface area contributed by atoms with Crippen molar-refractivity contribution in [3.8, 4) is 5.75 Å². The third kappa shape index (κ3) is 2.67. The molecule has 7 nitrogen and oxygen atoms in total. The van der Waals surface area contributed by atoms with E-state index in [0.717, 1.165) is 5.56 Å². The number of carbonyl (C=O) groups is 3. The lowest BCUT2D eigenvalue weighted by molar-refractivity contribution is -0.114. The lowest BCUT2D eigenvalue weighted by atomic mass is 9.86. The number of nitrogen functional groups attached to an aromatic ring is 1. The molecule has 0 spiro atoms. The number of nitrogens with two attached hydrogens (primary N) is 1. The third-order valence-corrected chi connectivity index (χ3v) is 4.74. The van der Waals surface area contributed by atoms with Crippen molar-refractivity contribution in [2.45, 2.75) is 32.3 Å². The van der Waals surface area contributed by atoms with E-state index in [1.54, 1.807) is 6.07 Å². The van der Waals surface area contributed by atoms with Crippen LogP contribution in [0.1, 0.15) is 58.5 Å². The van der Waals surface area contributed by atoms with Crippen LogP contribution in [0.25, 0.3) is 0 Å². The predicted molar refractivity (Wildman–Crippen MR) is 99.9 cm³/mol. The molecule has 1 aliphatic carbocycles. The van der Waals surface area contributed by atoms with E-state index < -0.39 is 23.1 Å². The Morgan fingerprint density at radius 3 is 2.30 bits per heavy atom. The minimum absolute atomic E-state index is 0.00617. The highest BCUT2D eigenvalue weighted by molar-refractivity contribution is 6.35. The number of amides is 1. The Morgan fingerprint density at radius 1 is 1.11 bits per heavy atom. The minimum Gasteiger partial charge on any atom is -0.508 e. The number of anilines is 2. The van der Waals surface area contributed by atoms with Gasteiger partial charge in [0.25, 0.3) is 0 Å². The van der Waals surface area contributed by atoms with Crippen LogP contribution in [-0.2, 0) is 10.4 Å². The van der Waals surface area contributed by atoms with Gasteiger partial charge in [-0.25, -0.2) is 0 Å². The van der Waals surface area contributed by atoms with E-state index in [-0.39, 0.29) is 39.7 Å². The van der Waals surface area contributed by atoms with Gasteiger partial charge in [-0.2, -0.15) is 0 Å². The van der Waals surface area contributed by atoms with E-state index >= 15 is 0 Å². The van der Waals surface area contributed by atoms with E-state index in [1.807, 2.05) is 13.8 Å². The average Bonchev–Trinajstić information content (AvgIpc) is 2.80. The maximum absolute atomic E-state index is 13.1. The van der Waals surface area contributed by atoms with Gasteiger partial charge in [0.15, 0.2) is 0 Å². The van der Waals surface area contributed by atoms with Crippen LogP contribution in [0.5, 0.6) is 5.75 Å². The number of phenols is 1. The van der Waals surface area contributed by atoms with Crippen molar-refractivity contribution in [1.82, 2.24) is 0 Å². The standard InChI is InChI=1S/C20H20N2O5/c1-9(2)11-4-5-12(15(24)8-11)20(27)18(25)16-13(21)6-7-14(22-10(3)23)17(16)19(20)26/h4-9,24,27H,21H2,1-3H3,(H,22,23). The third-order valence-electron chi connectivity index (χ3n) is 4.74. The van der Waals surface area contributed by atoms with E-state index in [2.05, 4.69) is 5.32 Å². The Hall–Kier alpha value is -3.19. The summed E-state index contributed by atoms with van der Waals surface area (Å²) in [6.07, 6.45) is 0. The Labute approximate surface area is 155 Å². The van der Waals surface area contributed by atoms with E-state index in [1.165, 1.54) is 31.2 Å². The number of rotatable bonds is 3. The Kier molecular flexibility index (Phi) is 4.28. The molecule has 0 aromatic heterocycles. The quantitative estimate of drug-likeness (QED) is 0.486. The summed E-state index contributed by atoms with van der Waals surface area (Å²) in [5.41, 5.74) is 3.59. The normalized spacial score (nSPS) is 18.7. The van der Waals surface area contributed by atoms with Crippen LogP contribution in [0.3, 0.4) is 0 Å². The molecule has 0 radical (unpaired) electrons. The molecule has 0 saturated heterocycles. The zero-order valence-corrected chi connectivity index (χ0v) is 15.2. The molecule has 0 fully saturated rings. The van der Waals surface area contributed by atoms with Crippen molar-refractivity contribution >= 4 is 28.8 Å². The molecule has 0 heterocycles. The Morgan fingerprint density at radius 2 is 1.74 bits per heavy atom. The molecule has 0 aliphatic heterocycles. The molecule has 2 aromatic rings. The molecule has 2 aromatic carbocycles. The zero-order chi connectivity index (χ0) is 20.1. The van der Waals surface area contributed by atoms with Gasteiger partial charge in [-0.3, -0.25) is 14.4 Å². The predicted octanol–water partition coefficient (Wildman–Crippen LogP) is 2.32. The second-order valence-electron chi connectivity index (χ2n) is 6.93. The average molecular weight is 368 g/mol. The first-order valence-electron chi connectivity index (χ1n) is 8.44. The topological polar surface area (TPSA) is 130 Å². The van der Waals surface area contributed by atoms with Gasteiger partial charge in [-0.1, -0.05) is 26.0 Å². The summed E-state index contributed by atoms with van der Waals surface area (Å²) in [7, 11) is 0. The van der Waals surface area contributed by atoms with Crippen LogP contribution >= 0.6 is 0 Å². The number of hydrogen-bond donors (Lipinski definition) is 4. The largest absolute Gasteiger partial charge is 0.508 e. The van der Waals surface area contributed by atoms with Crippen LogP contribution in [-0.4, -0.2) is 27.7 Å². The lowest BCUT2D eigenvalue weighted by Crippen LogP contribution is -2.38. The van der Waals surface area contributed by atoms with Crippen molar-refractivity contribution in [3.05, 3.63) is 52.6 Å². The molecule has 27 heavy (non-hydrogen) atoms. The van der Waals surface area contributed by atoms with Gasteiger partial charge in [0, 0.05) is 18.2 Å². The Balaban J connectivity index is 2.21. The van der Waals surface area contributed by atoms with Crippen LogP contribution in [0.15, 0.2) is 30.3 Å². The van der Waals surface area contributed by atoms with Crippen LogP contribution in [0, 0.1) is 0 Å². The summed E-state index contributed by atoms with van der Waals surface area (Å²) >= 11 is 0. The van der Waals surface area contributed by atoms with Gasteiger partial charge >= 0.3 is 0 Å². The van der Waals surface area contributed by atoms with E-state index in [9.17, 15) is 24.6 Å². The van der Waals surface area contributed by atoms with Crippen LogP contribution in [0.4, 0.5) is 11.4 Å². The number of benzene rings is 2. The van der Waals surface area contributed by atoms with Gasteiger partial charge in [-0.05, 0) is 29.7 Å². The zero-order valence-electron chi connectivity index (χ0n) is 15.2. The van der Waals surface area contributed by atoms with Crippen LogP contribution in [0.2, 0.25) is 0 Å². The molecule has 3 rings (SSSR count). The molecule has 1 amide bonds. The highest BCUT2D eigenvalue weighted by Crippen LogP contribution is 2.45. The first-order chi connectivity index (χ1) is 12.6. The van der Waals surface area contributed by atoms with E-state index in [4.69, 9.17) is 5.73 Å². The molecular formula is C20H20N2O5. The number of carbonyl (C=O) groups excluding carboxylic acids is 3. The first-order valence-corrected chi connectivity index (χ1v) is 8.44. The van der Waals surface area contributed by atoms with Gasteiger partial charge < -0.3 is 21.3 Å². The maximum Gasteiger partial charge on any atom is 0.221 e. The summed E-state index contributed by atoms with van der Waals surface area (Å²) in [4.78, 5) is 37.5. The molecule has 5 N–H and O–H groups in total. The van der Waals surface area contributed by atoms with E-state index in [0.29, 0.717) is 0 Å². The second kappa shape index (κ2) is 6.21. The molecule has 1 unspecified atom stereocenters. The fourth-order valence-corrected chi connectivity index (χ4v) is 3.32. The number of aromatic hydroxyl groups is 1. The van der Waals surface area contributed by atoms with Gasteiger partial charge in [0.2, 0.25) is 23.1 Å². The highest BCUT2D eigenvalue weighted by atomic mass is 16.3. The Bertz CT molecular complexity index is 996.